The van der Waals surface area contributed by atoms with Gasteiger partial charge in [-0.25, -0.2) is 0 Å². The number of benzene rings is 1. The first-order valence-electron chi connectivity index (χ1n) is 5.74. The van der Waals surface area contributed by atoms with Gasteiger partial charge in [0.1, 0.15) is 0 Å². The van der Waals surface area contributed by atoms with Crippen LogP contribution in [0.3, 0.4) is 0 Å². The van der Waals surface area contributed by atoms with Crippen LogP contribution in [0.4, 0.5) is 0 Å². The Hall–Kier alpha value is -1.99. The average molecular weight is 315 g/mol. The van der Waals surface area contributed by atoms with Crippen molar-refractivity contribution in [1.29, 1.82) is 5.26 Å². The molecule has 0 saturated heterocycles. The maximum Gasteiger partial charge on any atom is 0.186 e. The van der Waals surface area contributed by atoms with Crippen LogP contribution < -0.4 is 0 Å². The van der Waals surface area contributed by atoms with Crippen molar-refractivity contribution in [3.63, 3.8) is 0 Å². The van der Waals surface area contributed by atoms with Crippen molar-refractivity contribution < 1.29 is 4.79 Å². The van der Waals surface area contributed by atoms with Crippen molar-refractivity contribution in [2.24, 2.45) is 0 Å². The first kappa shape index (κ1) is 13.4. The predicted octanol–water partition coefficient (Wildman–Crippen LogP) is 3.64. The fourth-order valence-corrected chi connectivity index (χ4v) is 2.02. The SMILES string of the molecule is Cc1cc(C(=O)C(C#N)c2ccccn2)ccc1Br. The van der Waals surface area contributed by atoms with Gasteiger partial charge in [-0.2, -0.15) is 5.26 Å². The van der Waals surface area contributed by atoms with Crippen molar-refractivity contribution in [1.82, 2.24) is 4.98 Å². The number of carbonyl (C=O) groups excluding carboxylic acids is 1. The van der Waals surface area contributed by atoms with E-state index in [1.165, 1.54) is 0 Å². The van der Waals surface area contributed by atoms with Gasteiger partial charge < -0.3 is 0 Å². The minimum Gasteiger partial charge on any atom is -0.292 e. The van der Waals surface area contributed by atoms with E-state index in [-0.39, 0.29) is 5.78 Å². The highest BCUT2D eigenvalue weighted by Gasteiger charge is 2.23. The summed E-state index contributed by atoms with van der Waals surface area (Å²) in [4.78, 5) is 16.4. The van der Waals surface area contributed by atoms with Gasteiger partial charge in [-0.3, -0.25) is 9.78 Å². The molecule has 0 fully saturated rings. The van der Waals surface area contributed by atoms with E-state index < -0.39 is 5.92 Å². The molecule has 1 aromatic heterocycles. The molecule has 1 atom stereocenters. The summed E-state index contributed by atoms with van der Waals surface area (Å²) in [5.41, 5.74) is 1.97. The number of aryl methyl sites for hydroxylation is 1. The minimum absolute atomic E-state index is 0.225. The van der Waals surface area contributed by atoms with Crippen LogP contribution in [0.5, 0.6) is 0 Å². The molecular formula is C15H11BrN2O. The van der Waals surface area contributed by atoms with E-state index in [1.807, 2.05) is 19.1 Å². The lowest BCUT2D eigenvalue weighted by atomic mass is 9.94. The maximum absolute atomic E-state index is 12.4. The number of nitrogens with zero attached hydrogens (tertiary/aromatic N) is 2. The van der Waals surface area contributed by atoms with Crippen LogP contribution in [-0.2, 0) is 0 Å². The number of ketones is 1. The molecule has 94 valence electrons. The molecule has 0 aliphatic carbocycles. The van der Waals surface area contributed by atoms with Crippen molar-refractivity contribution in [3.05, 3.63) is 63.9 Å². The summed E-state index contributed by atoms with van der Waals surface area (Å²) in [6.07, 6.45) is 1.58. The molecule has 0 aliphatic rings. The molecule has 0 N–H and O–H groups in total. The zero-order chi connectivity index (χ0) is 13.8. The van der Waals surface area contributed by atoms with E-state index in [1.54, 1.807) is 36.5 Å². The van der Waals surface area contributed by atoms with Crippen LogP contribution in [-0.4, -0.2) is 10.8 Å². The van der Waals surface area contributed by atoms with Gasteiger partial charge in [0.15, 0.2) is 11.7 Å². The summed E-state index contributed by atoms with van der Waals surface area (Å²) in [5.74, 6) is -1.08. The van der Waals surface area contributed by atoms with Crippen LogP contribution >= 0.6 is 15.9 Å². The smallest absolute Gasteiger partial charge is 0.186 e. The zero-order valence-electron chi connectivity index (χ0n) is 10.3. The molecule has 2 aromatic rings. The van der Waals surface area contributed by atoms with Gasteiger partial charge in [0.05, 0.1) is 11.8 Å². The molecule has 0 spiro atoms. The molecular weight excluding hydrogens is 304 g/mol. The van der Waals surface area contributed by atoms with Gasteiger partial charge >= 0.3 is 0 Å². The number of Topliss-reactive ketones (excluding diaryl/α,β-unsaturated/α-hetero) is 1. The molecule has 0 aliphatic heterocycles. The van der Waals surface area contributed by atoms with Crippen molar-refractivity contribution in [2.75, 3.05) is 0 Å². The minimum atomic E-state index is -0.859. The molecule has 1 aromatic carbocycles. The predicted molar refractivity (Wildman–Crippen MR) is 75.8 cm³/mol. The standard InChI is InChI=1S/C15H11BrN2O/c1-10-8-11(5-6-13(10)16)15(19)12(9-17)14-4-2-3-7-18-14/h2-8,12H,1H3. The second-order valence-electron chi connectivity index (χ2n) is 4.14. The highest BCUT2D eigenvalue weighted by molar-refractivity contribution is 9.10. The van der Waals surface area contributed by atoms with E-state index >= 15 is 0 Å². The van der Waals surface area contributed by atoms with Crippen molar-refractivity contribution in [2.45, 2.75) is 12.8 Å². The highest BCUT2D eigenvalue weighted by atomic mass is 79.9. The molecule has 1 unspecified atom stereocenters. The Bertz CT molecular complexity index is 647. The molecule has 0 saturated carbocycles. The average Bonchev–Trinajstić information content (AvgIpc) is 2.44. The summed E-state index contributed by atoms with van der Waals surface area (Å²) in [6.45, 7) is 1.91. The second kappa shape index (κ2) is 5.77. The van der Waals surface area contributed by atoms with Gasteiger partial charge in [-0.15, -0.1) is 0 Å². The normalized spacial score (nSPS) is 11.6. The number of rotatable bonds is 3. The van der Waals surface area contributed by atoms with Gasteiger partial charge in [0, 0.05) is 16.2 Å². The third-order valence-electron chi connectivity index (χ3n) is 2.82. The number of carbonyl (C=O) groups is 1. The van der Waals surface area contributed by atoms with Crippen LogP contribution in [0.2, 0.25) is 0 Å². The Kier molecular flexibility index (Phi) is 4.08. The number of nitriles is 1. The lowest BCUT2D eigenvalue weighted by Crippen LogP contribution is -2.12. The highest BCUT2D eigenvalue weighted by Crippen LogP contribution is 2.22. The molecule has 3 nitrogen and oxygen atoms in total. The van der Waals surface area contributed by atoms with Gasteiger partial charge in [-0.1, -0.05) is 28.1 Å². The first-order valence-corrected chi connectivity index (χ1v) is 6.53. The molecule has 0 radical (unpaired) electrons. The number of hydrogen-bond donors (Lipinski definition) is 0. The van der Waals surface area contributed by atoms with Crippen LogP contribution in [0.15, 0.2) is 47.1 Å². The van der Waals surface area contributed by atoms with Gasteiger partial charge in [0.25, 0.3) is 0 Å². The second-order valence-corrected chi connectivity index (χ2v) is 5.00. The van der Waals surface area contributed by atoms with E-state index in [4.69, 9.17) is 0 Å². The third-order valence-corrected chi connectivity index (χ3v) is 3.71. The quantitative estimate of drug-likeness (QED) is 0.813. The van der Waals surface area contributed by atoms with Crippen LogP contribution in [0, 0.1) is 18.3 Å². The van der Waals surface area contributed by atoms with Gasteiger partial charge in [0.2, 0.25) is 0 Å². The lowest BCUT2D eigenvalue weighted by molar-refractivity contribution is 0.0977. The largest absolute Gasteiger partial charge is 0.292 e. The summed E-state index contributed by atoms with van der Waals surface area (Å²) in [5, 5.41) is 9.21. The van der Waals surface area contributed by atoms with E-state index in [2.05, 4.69) is 20.9 Å². The van der Waals surface area contributed by atoms with Crippen molar-refractivity contribution >= 4 is 21.7 Å². The fourth-order valence-electron chi connectivity index (χ4n) is 1.77. The van der Waals surface area contributed by atoms with Crippen LogP contribution in [0.25, 0.3) is 0 Å². The Morgan fingerprint density at radius 2 is 2.16 bits per heavy atom. The van der Waals surface area contributed by atoms with E-state index in [0.717, 1.165) is 10.0 Å². The third kappa shape index (κ3) is 2.88. The van der Waals surface area contributed by atoms with E-state index in [9.17, 15) is 10.1 Å². The maximum atomic E-state index is 12.4. The number of pyridine rings is 1. The van der Waals surface area contributed by atoms with Gasteiger partial charge in [-0.05, 0) is 36.8 Å². The summed E-state index contributed by atoms with van der Waals surface area (Å²) in [6, 6.07) is 12.6. The molecule has 1 heterocycles. The summed E-state index contributed by atoms with van der Waals surface area (Å²) >= 11 is 3.39. The Balaban J connectivity index is 2.37. The molecule has 19 heavy (non-hydrogen) atoms. The Morgan fingerprint density at radius 1 is 1.37 bits per heavy atom. The molecule has 4 heteroatoms. The Labute approximate surface area is 120 Å². The summed E-state index contributed by atoms with van der Waals surface area (Å²) in [7, 11) is 0. The topological polar surface area (TPSA) is 53.8 Å². The lowest BCUT2D eigenvalue weighted by Gasteiger charge is -2.08. The Morgan fingerprint density at radius 3 is 2.74 bits per heavy atom. The monoisotopic (exact) mass is 314 g/mol. The molecule has 0 bridgehead atoms. The number of halogens is 1. The van der Waals surface area contributed by atoms with Crippen LogP contribution in [0.1, 0.15) is 27.5 Å². The summed E-state index contributed by atoms with van der Waals surface area (Å²) < 4.78 is 0.940. The first-order chi connectivity index (χ1) is 9.13. The fraction of sp³-hybridized carbons (Fsp3) is 0.133. The zero-order valence-corrected chi connectivity index (χ0v) is 11.9. The number of hydrogen-bond acceptors (Lipinski definition) is 3. The molecule has 2 rings (SSSR count). The van der Waals surface area contributed by atoms with Crippen molar-refractivity contribution in [3.8, 4) is 6.07 Å². The number of aromatic nitrogens is 1. The van der Waals surface area contributed by atoms with E-state index in [0.29, 0.717) is 11.3 Å². The molecule has 0 amide bonds.